The van der Waals surface area contributed by atoms with Crippen molar-refractivity contribution in [2.45, 2.75) is 38.7 Å². The van der Waals surface area contributed by atoms with Gasteiger partial charge in [-0.2, -0.15) is 0 Å². The normalized spacial score (nSPS) is 23.1. The molecule has 0 saturated heterocycles. The Morgan fingerprint density at radius 2 is 2.05 bits per heavy atom. The van der Waals surface area contributed by atoms with Gasteiger partial charge < -0.3 is 10.4 Å². The average molecular weight is 264 g/mol. The monoisotopic (exact) mass is 264 g/mol. The number of aliphatic hydroxyl groups excluding tert-OH is 1. The first-order chi connectivity index (χ1) is 9.08. The zero-order chi connectivity index (χ0) is 13.8. The zero-order valence-corrected chi connectivity index (χ0v) is 11.1. The van der Waals surface area contributed by atoms with Crippen LogP contribution in [0.15, 0.2) is 18.2 Å². The van der Waals surface area contributed by atoms with Crippen LogP contribution in [0.4, 0.5) is 11.4 Å². The van der Waals surface area contributed by atoms with Gasteiger partial charge in [0.15, 0.2) is 0 Å². The number of nitro groups is 1. The molecule has 0 radical (unpaired) electrons. The summed E-state index contributed by atoms with van der Waals surface area (Å²) in [5.74, 6) is 0.489. The number of para-hydroxylation sites is 1. The lowest BCUT2D eigenvalue weighted by molar-refractivity contribution is -0.384. The van der Waals surface area contributed by atoms with Crippen LogP contribution in [0, 0.1) is 23.0 Å². The third kappa shape index (κ3) is 3.44. The van der Waals surface area contributed by atoms with Crippen molar-refractivity contribution in [3.8, 4) is 0 Å². The van der Waals surface area contributed by atoms with Crippen molar-refractivity contribution in [1.82, 2.24) is 0 Å². The highest BCUT2D eigenvalue weighted by Gasteiger charge is 2.21. The molecule has 5 heteroatoms. The van der Waals surface area contributed by atoms with E-state index in [0.29, 0.717) is 11.6 Å². The minimum atomic E-state index is -0.347. The third-order valence-corrected chi connectivity index (χ3v) is 3.83. The average Bonchev–Trinajstić information content (AvgIpc) is 2.39. The van der Waals surface area contributed by atoms with E-state index in [4.69, 9.17) is 0 Å². The number of aliphatic hydroxyl groups is 1. The van der Waals surface area contributed by atoms with Crippen LogP contribution < -0.4 is 5.32 Å². The van der Waals surface area contributed by atoms with Gasteiger partial charge in [0.1, 0.15) is 5.69 Å². The molecule has 1 aromatic carbocycles. The van der Waals surface area contributed by atoms with Crippen LogP contribution in [0.5, 0.6) is 0 Å². The van der Waals surface area contributed by atoms with Gasteiger partial charge in [-0.15, -0.1) is 0 Å². The Balaban J connectivity index is 2.01. The summed E-state index contributed by atoms with van der Waals surface area (Å²) in [6, 6.07) is 5.11. The standard InChI is InChI=1S/C14H20N2O3/c1-10-3-2-4-13(16(18)19)14(10)15-9-11-5-7-12(17)8-6-11/h2-4,11-12,15,17H,5-9H2,1H3. The van der Waals surface area contributed by atoms with Gasteiger partial charge in [0, 0.05) is 12.6 Å². The summed E-state index contributed by atoms with van der Waals surface area (Å²) in [7, 11) is 0. The Labute approximate surface area is 112 Å². The minimum Gasteiger partial charge on any atom is -0.393 e. The molecule has 1 aromatic rings. The molecule has 1 aliphatic carbocycles. The molecule has 19 heavy (non-hydrogen) atoms. The zero-order valence-electron chi connectivity index (χ0n) is 11.1. The minimum absolute atomic E-state index is 0.135. The second kappa shape index (κ2) is 6.02. The van der Waals surface area contributed by atoms with Gasteiger partial charge in [-0.1, -0.05) is 12.1 Å². The van der Waals surface area contributed by atoms with Crippen LogP contribution in [0.2, 0.25) is 0 Å². The number of anilines is 1. The fourth-order valence-electron chi connectivity index (χ4n) is 2.63. The summed E-state index contributed by atoms with van der Waals surface area (Å²) < 4.78 is 0. The molecular weight excluding hydrogens is 244 g/mol. The van der Waals surface area contributed by atoms with Crippen LogP contribution >= 0.6 is 0 Å². The summed E-state index contributed by atoms with van der Waals surface area (Å²) in [5.41, 5.74) is 1.65. The Morgan fingerprint density at radius 3 is 2.68 bits per heavy atom. The lowest BCUT2D eigenvalue weighted by Crippen LogP contribution is -2.24. The number of nitrogens with one attached hydrogen (secondary N) is 1. The molecule has 1 aliphatic rings. The molecule has 0 aliphatic heterocycles. The van der Waals surface area contributed by atoms with E-state index < -0.39 is 0 Å². The van der Waals surface area contributed by atoms with E-state index in [1.54, 1.807) is 6.07 Å². The lowest BCUT2D eigenvalue weighted by atomic mass is 9.87. The summed E-state index contributed by atoms with van der Waals surface area (Å²) in [6.07, 6.45) is 3.47. The maximum absolute atomic E-state index is 11.0. The summed E-state index contributed by atoms with van der Waals surface area (Å²) in [5, 5.41) is 23.7. The summed E-state index contributed by atoms with van der Waals surface area (Å²) >= 11 is 0. The summed E-state index contributed by atoms with van der Waals surface area (Å²) in [4.78, 5) is 10.7. The molecule has 2 rings (SSSR count). The molecule has 0 bridgehead atoms. The molecule has 1 saturated carbocycles. The number of nitro benzene ring substituents is 1. The molecule has 0 spiro atoms. The van der Waals surface area contributed by atoms with E-state index in [-0.39, 0.29) is 16.7 Å². The summed E-state index contributed by atoms with van der Waals surface area (Å²) in [6.45, 7) is 2.61. The van der Waals surface area contributed by atoms with Gasteiger partial charge in [0.25, 0.3) is 5.69 Å². The first kappa shape index (κ1) is 13.8. The Bertz CT molecular complexity index is 454. The predicted molar refractivity (Wildman–Crippen MR) is 74.3 cm³/mol. The molecular formula is C14H20N2O3. The van der Waals surface area contributed by atoms with E-state index in [2.05, 4.69) is 5.32 Å². The van der Waals surface area contributed by atoms with Crippen LogP contribution in [0.3, 0.4) is 0 Å². The quantitative estimate of drug-likeness (QED) is 0.647. The Hall–Kier alpha value is -1.62. The van der Waals surface area contributed by atoms with Gasteiger partial charge in [-0.3, -0.25) is 10.1 Å². The van der Waals surface area contributed by atoms with Gasteiger partial charge >= 0.3 is 0 Å². The molecule has 5 nitrogen and oxygen atoms in total. The molecule has 0 amide bonds. The molecule has 0 atom stereocenters. The van der Waals surface area contributed by atoms with E-state index >= 15 is 0 Å². The number of aryl methyl sites for hydroxylation is 1. The maximum Gasteiger partial charge on any atom is 0.292 e. The van der Waals surface area contributed by atoms with Crippen molar-refractivity contribution in [2.24, 2.45) is 5.92 Å². The van der Waals surface area contributed by atoms with E-state index in [1.807, 2.05) is 13.0 Å². The van der Waals surface area contributed by atoms with Crippen molar-refractivity contribution >= 4 is 11.4 Å². The highest BCUT2D eigenvalue weighted by molar-refractivity contribution is 5.65. The van der Waals surface area contributed by atoms with Crippen LogP contribution in [0.1, 0.15) is 31.2 Å². The van der Waals surface area contributed by atoms with Crippen LogP contribution in [-0.2, 0) is 0 Å². The maximum atomic E-state index is 11.0. The molecule has 0 heterocycles. The van der Waals surface area contributed by atoms with Gasteiger partial charge in [0.2, 0.25) is 0 Å². The second-order valence-corrected chi connectivity index (χ2v) is 5.28. The first-order valence-electron chi connectivity index (χ1n) is 6.74. The highest BCUT2D eigenvalue weighted by atomic mass is 16.6. The van der Waals surface area contributed by atoms with Gasteiger partial charge in [0.05, 0.1) is 11.0 Å². The fourth-order valence-corrected chi connectivity index (χ4v) is 2.63. The fraction of sp³-hybridized carbons (Fsp3) is 0.571. The lowest BCUT2D eigenvalue weighted by Gasteiger charge is -2.26. The largest absolute Gasteiger partial charge is 0.393 e. The SMILES string of the molecule is Cc1cccc([N+](=O)[O-])c1NCC1CCC(O)CC1. The second-order valence-electron chi connectivity index (χ2n) is 5.28. The number of nitrogens with zero attached hydrogens (tertiary/aromatic N) is 1. The van der Waals surface area contributed by atoms with Crippen molar-refractivity contribution in [3.63, 3.8) is 0 Å². The van der Waals surface area contributed by atoms with E-state index in [9.17, 15) is 15.2 Å². The van der Waals surface area contributed by atoms with Gasteiger partial charge in [-0.25, -0.2) is 0 Å². The molecule has 0 aromatic heterocycles. The molecule has 0 unspecified atom stereocenters. The molecule has 1 fully saturated rings. The predicted octanol–water partition coefficient (Wildman–Crippen LogP) is 2.87. The van der Waals surface area contributed by atoms with Crippen molar-refractivity contribution in [1.29, 1.82) is 0 Å². The van der Waals surface area contributed by atoms with E-state index in [1.165, 1.54) is 6.07 Å². The third-order valence-electron chi connectivity index (χ3n) is 3.83. The first-order valence-corrected chi connectivity index (χ1v) is 6.74. The van der Waals surface area contributed by atoms with Crippen LogP contribution in [0.25, 0.3) is 0 Å². The van der Waals surface area contributed by atoms with Crippen molar-refractivity contribution in [2.75, 3.05) is 11.9 Å². The number of hydrogen-bond donors (Lipinski definition) is 2. The topological polar surface area (TPSA) is 75.4 Å². The Kier molecular flexibility index (Phi) is 4.37. The number of rotatable bonds is 4. The van der Waals surface area contributed by atoms with Crippen molar-refractivity contribution in [3.05, 3.63) is 33.9 Å². The molecule has 2 N–H and O–H groups in total. The van der Waals surface area contributed by atoms with Crippen molar-refractivity contribution < 1.29 is 10.0 Å². The smallest absolute Gasteiger partial charge is 0.292 e. The number of benzene rings is 1. The number of hydrogen-bond acceptors (Lipinski definition) is 4. The van der Waals surface area contributed by atoms with E-state index in [0.717, 1.165) is 37.8 Å². The van der Waals surface area contributed by atoms with Crippen LogP contribution in [-0.4, -0.2) is 22.7 Å². The Morgan fingerprint density at radius 1 is 1.37 bits per heavy atom. The molecule has 104 valence electrons. The van der Waals surface area contributed by atoms with Gasteiger partial charge in [-0.05, 0) is 44.1 Å². The highest BCUT2D eigenvalue weighted by Crippen LogP contribution is 2.30.